The lowest BCUT2D eigenvalue weighted by Gasteiger charge is -2.19. The van der Waals surface area contributed by atoms with E-state index in [0.29, 0.717) is 24.3 Å². The minimum Gasteiger partial charge on any atom is -0.385 e. The van der Waals surface area contributed by atoms with E-state index >= 15 is 0 Å². The molecule has 3 unspecified atom stereocenters. The summed E-state index contributed by atoms with van der Waals surface area (Å²) in [7, 11) is 1.69. The SMILES string of the molecule is COCCCN1CC2C(CN)C2C1=O. The predicted molar refractivity (Wildman–Crippen MR) is 52.6 cm³/mol. The van der Waals surface area contributed by atoms with Gasteiger partial charge in [0.1, 0.15) is 0 Å². The van der Waals surface area contributed by atoms with E-state index in [4.69, 9.17) is 10.5 Å². The molecule has 80 valence electrons. The third-order valence-corrected chi connectivity index (χ3v) is 3.41. The molecule has 0 aromatic rings. The van der Waals surface area contributed by atoms with Crippen molar-refractivity contribution in [1.29, 1.82) is 0 Å². The quantitative estimate of drug-likeness (QED) is 0.616. The molecule has 1 aliphatic carbocycles. The van der Waals surface area contributed by atoms with E-state index in [1.54, 1.807) is 7.11 Å². The molecule has 2 fully saturated rings. The average Bonchev–Trinajstić information content (AvgIpc) is 2.80. The Kier molecular flexibility index (Phi) is 2.74. The summed E-state index contributed by atoms with van der Waals surface area (Å²) < 4.78 is 4.96. The van der Waals surface area contributed by atoms with Gasteiger partial charge in [-0.25, -0.2) is 0 Å². The Morgan fingerprint density at radius 3 is 2.93 bits per heavy atom. The lowest BCUT2D eigenvalue weighted by atomic mass is 10.2. The van der Waals surface area contributed by atoms with Crippen LogP contribution in [-0.4, -0.2) is 44.2 Å². The summed E-state index contributed by atoms with van der Waals surface area (Å²) in [5.41, 5.74) is 5.56. The molecule has 0 aromatic heterocycles. The lowest BCUT2D eigenvalue weighted by Crippen LogP contribution is -2.32. The van der Waals surface area contributed by atoms with Gasteiger partial charge in [-0.05, 0) is 24.8 Å². The lowest BCUT2D eigenvalue weighted by molar-refractivity contribution is -0.130. The van der Waals surface area contributed by atoms with Gasteiger partial charge in [-0.1, -0.05) is 0 Å². The number of carbonyl (C=O) groups is 1. The number of piperidine rings is 1. The zero-order chi connectivity index (χ0) is 10.1. The number of methoxy groups -OCH3 is 1. The van der Waals surface area contributed by atoms with Crippen molar-refractivity contribution < 1.29 is 9.53 Å². The number of hydrogen-bond acceptors (Lipinski definition) is 3. The molecule has 0 bridgehead atoms. The van der Waals surface area contributed by atoms with Crippen LogP contribution in [0.25, 0.3) is 0 Å². The monoisotopic (exact) mass is 198 g/mol. The second-order valence-electron chi connectivity index (χ2n) is 4.22. The number of hydrogen-bond donors (Lipinski definition) is 1. The topological polar surface area (TPSA) is 55.6 Å². The van der Waals surface area contributed by atoms with Gasteiger partial charge in [0.05, 0.1) is 0 Å². The van der Waals surface area contributed by atoms with Crippen LogP contribution in [0.15, 0.2) is 0 Å². The summed E-state index contributed by atoms with van der Waals surface area (Å²) in [5, 5.41) is 0. The van der Waals surface area contributed by atoms with Crippen molar-refractivity contribution in [3.05, 3.63) is 0 Å². The van der Waals surface area contributed by atoms with E-state index in [2.05, 4.69) is 0 Å². The minimum absolute atomic E-state index is 0.266. The van der Waals surface area contributed by atoms with Gasteiger partial charge in [-0.2, -0.15) is 0 Å². The molecule has 3 atom stereocenters. The Morgan fingerprint density at radius 1 is 1.64 bits per heavy atom. The molecule has 0 radical (unpaired) electrons. The molecule has 4 heteroatoms. The number of likely N-dealkylation sites (tertiary alicyclic amines) is 1. The highest BCUT2D eigenvalue weighted by molar-refractivity contribution is 5.85. The molecule has 14 heavy (non-hydrogen) atoms. The maximum atomic E-state index is 11.7. The van der Waals surface area contributed by atoms with Gasteiger partial charge < -0.3 is 15.4 Å². The van der Waals surface area contributed by atoms with Gasteiger partial charge in [0.15, 0.2) is 0 Å². The summed E-state index contributed by atoms with van der Waals surface area (Å²) >= 11 is 0. The molecule has 2 aliphatic rings. The zero-order valence-corrected chi connectivity index (χ0v) is 8.61. The van der Waals surface area contributed by atoms with Crippen LogP contribution in [0, 0.1) is 17.8 Å². The van der Waals surface area contributed by atoms with E-state index < -0.39 is 0 Å². The standard InChI is InChI=1S/C10H18N2O2/c1-14-4-2-3-12-6-8-7(5-11)9(8)10(12)13/h7-9H,2-6,11H2,1H3. The second kappa shape index (κ2) is 3.87. The Hall–Kier alpha value is -0.610. The number of carbonyl (C=O) groups excluding carboxylic acids is 1. The highest BCUT2D eigenvalue weighted by atomic mass is 16.5. The van der Waals surface area contributed by atoms with Gasteiger partial charge in [-0.15, -0.1) is 0 Å². The molecule has 4 nitrogen and oxygen atoms in total. The summed E-state index contributed by atoms with van der Waals surface area (Å²) in [6.07, 6.45) is 0.939. The van der Waals surface area contributed by atoms with Gasteiger partial charge in [-0.3, -0.25) is 4.79 Å². The van der Waals surface area contributed by atoms with Crippen LogP contribution in [0.4, 0.5) is 0 Å². The molecule has 2 rings (SSSR count). The van der Waals surface area contributed by atoms with Crippen LogP contribution in [0.1, 0.15) is 6.42 Å². The summed E-state index contributed by atoms with van der Waals surface area (Å²) in [6.45, 7) is 3.18. The first kappa shape index (κ1) is 9.93. The molecule has 1 saturated heterocycles. The van der Waals surface area contributed by atoms with Crippen LogP contribution >= 0.6 is 0 Å². The number of rotatable bonds is 5. The van der Waals surface area contributed by atoms with Crippen LogP contribution in [-0.2, 0) is 9.53 Å². The fourth-order valence-electron chi connectivity index (χ4n) is 2.54. The van der Waals surface area contributed by atoms with Crippen LogP contribution < -0.4 is 5.73 Å². The highest BCUT2D eigenvalue weighted by Crippen LogP contribution is 2.51. The molecule has 2 N–H and O–H groups in total. The second-order valence-corrected chi connectivity index (χ2v) is 4.22. The van der Waals surface area contributed by atoms with E-state index in [1.807, 2.05) is 4.90 Å². The number of amides is 1. The van der Waals surface area contributed by atoms with Crippen molar-refractivity contribution in [3.63, 3.8) is 0 Å². The largest absolute Gasteiger partial charge is 0.385 e. The first-order valence-electron chi connectivity index (χ1n) is 5.27. The molecule has 1 aliphatic heterocycles. The number of nitrogens with two attached hydrogens (primary N) is 1. The molecule has 1 saturated carbocycles. The maximum Gasteiger partial charge on any atom is 0.226 e. The molecule has 0 aromatic carbocycles. The molecular weight excluding hydrogens is 180 g/mol. The first-order chi connectivity index (χ1) is 6.79. The fraction of sp³-hybridized carbons (Fsp3) is 0.900. The van der Waals surface area contributed by atoms with E-state index in [0.717, 1.165) is 26.1 Å². The molecular formula is C10H18N2O2. The van der Waals surface area contributed by atoms with Crippen molar-refractivity contribution in [1.82, 2.24) is 4.90 Å². The van der Waals surface area contributed by atoms with E-state index in [1.165, 1.54) is 0 Å². The Balaban J connectivity index is 1.75. The number of ether oxygens (including phenoxy) is 1. The normalized spacial score (nSPS) is 34.9. The van der Waals surface area contributed by atoms with Gasteiger partial charge in [0.2, 0.25) is 5.91 Å². The Bertz CT molecular complexity index is 232. The van der Waals surface area contributed by atoms with Crippen LogP contribution in [0.2, 0.25) is 0 Å². The van der Waals surface area contributed by atoms with Gasteiger partial charge in [0.25, 0.3) is 0 Å². The van der Waals surface area contributed by atoms with Crippen LogP contribution in [0.5, 0.6) is 0 Å². The first-order valence-corrected chi connectivity index (χ1v) is 5.27. The van der Waals surface area contributed by atoms with E-state index in [9.17, 15) is 4.79 Å². The third kappa shape index (κ3) is 1.53. The minimum atomic E-state index is 0.266. The molecule has 1 heterocycles. The number of nitrogens with zero attached hydrogens (tertiary/aromatic N) is 1. The fourth-order valence-corrected chi connectivity index (χ4v) is 2.54. The third-order valence-electron chi connectivity index (χ3n) is 3.41. The van der Waals surface area contributed by atoms with Crippen molar-refractivity contribution in [2.75, 3.05) is 33.4 Å². The van der Waals surface area contributed by atoms with Gasteiger partial charge in [0, 0.05) is 32.7 Å². The number of fused-ring (bicyclic) bond motifs is 1. The highest BCUT2D eigenvalue weighted by Gasteiger charge is 2.60. The Labute approximate surface area is 84.4 Å². The smallest absolute Gasteiger partial charge is 0.226 e. The molecule has 1 amide bonds. The van der Waals surface area contributed by atoms with Gasteiger partial charge >= 0.3 is 0 Å². The van der Waals surface area contributed by atoms with Crippen molar-refractivity contribution in [2.24, 2.45) is 23.5 Å². The average molecular weight is 198 g/mol. The molecule has 0 spiro atoms. The van der Waals surface area contributed by atoms with Crippen LogP contribution in [0.3, 0.4) is 0 Å². The summed E-state index contributed by atoms with van der Waals surface area (Å²) in [5.74, 6) is 1.64. The van der Waals surface area contributed by atoms with E-state index in [-0.39, 0.29) is 5.92 Å². The van der Waals surface area contributed by atoms with Crippen molar-refractivity contribution in [3.8, 4) is 0 Å². The predicted octanol–water partition coefficient (Wildman–Crippen LogP) is -0.314. The van der Waals surface area contributed by atoms with Crippen molar-refractivity contribution >= 4 is 5.91 Å². The maximum absolute atomic E-state index is 11.7. The van der Waals surface area contributed by atoms with Crippen molar-refractivity contribution in [2.45, 2.75) is 6.42 Å². The zero-order valence-electron chi connectivity index (χ0n) is 8.61. The summed E-state index contributed by atoms with van der Waals surface area (Å²) in [4.78, 5) is 13.7. The summed E-state index contributed by atoms with van der Waals surface area (Å²) in [6, 6.07) is 0. The Morgan fingerprint density at radius 2 is 2.43 bits per heavy atom.